The van der Waals surface area contributed by atoms with Crippen molar-refractivity contribution in [1.29, 1.82) is 0 Å². The molecule has 2 aromatic carbocycles. The van der Waals surface area contributed by atoms with E-state index < -0.39 is 4.92 Å². The van der Waals surface area contributed by atoms with Gasteiger partial charge in [0.15, 0.2) is 11.0 Å². The zero-order valence-corrected chi connectivity index (χ0v) is 19.2. The Bertz CT molecular complexity index is 1130. The van der Waals surface area contributed by atoms with Crippen LogP contribution in [-0.4, -0.2) is 57.3 Å². The molecule has 1 aliphatic heterocycles. The van der Waals surface area contributed by atoms with Crippen LogP contribution in [-0.2, 0) is 17.0 Å². The summed E-state index contributed by atoms with van der Waals surface area (Å²) in [4.78, 5) is 25.4. The molecule has 1 saturated heterocycles. The van der Waals surface area contributed by atoms with Crippen LogP contribution in [0.2, 0.25) is 0 Å². The summed E-state index contributed by atoms with van der Waals surface area (Å²) < 4.78 is 7.20. The van der Waals surface area contributed by atoms with Crippen LogP contribution < -0.4 is 0 Å². The highest BCUT2D eigenvalue weighted by Gasteiger charge is 2.22. The van der Waals surface area contributed by atoms with Gasteiger partial charge in [0, 0.05) is 49.2 Å². The van der Waals surface area contributed by atoms with E-state index in [0.717, 1.165) is 42.6 Å². The number of rotatable bonds is 9. The second-order valence-electron chi connectivity index (χ2n) is 7.70. The average Bonchev–Trinajstić information content (AvgIpc) is 3.51. The fraction of sp³-hybridized carbons (Fsp3) is 0.348. The minimum Gasteiger partial charge on any atom is -0.383 e. The lowest BCUT2D eigenvalue weighted by atomic mass is 10.1. The van der Waals surface area contributed by atoms with Crippen molar-refractivity contribution < 1.29 is 14.5 Å². The molecule has 0 radical (unpaired) electrons. The fourth-order valence-electron chi connectivity index (χ4n) is 3.81. The molecule has 0 N–H and O–H groups in total. The Morgan fingerprint density at radius 1 is 1.12 bits per heavy atom. The van der Waals surface area contributed by atoms with Crippen LogP contribution in [0, 0.1) is 10.1 Å². The number of hydrogen-bond acceptors (Lipinski definition) is 7. The van der Waals surface area contributed by atoms with Gasteiger partial charge in [0.25, 0.3) is 11.6 Å². The lowest BCUT2D eigenvalue weighted by molar-refractivity contribution is -0.384. The van der Waals surface area contributed by atoms with E-state index in [1.54, 1.807) is 19.2 Å². The molecule has 3 aromatic rings. The summed E-state index contributed by atoms with van der Waals surface area (Å²) in [7, 11) is 1.63. The number of carbonyl (C=O) groups is 1. The third kappa shape index (κ3) is 5.23. The summed E-state index contributed by atoms with van der Waals surface area (Å²) >= 11 is 1.50. The van der Waals surface area contributed by atoms with Crippen LogP contribution in [0.5, 0.6) is 0 Å². The molecule has 4 rings (SSSR count). The maximum atomic E-state index is 13.0. The number of benzene rings is 2. The van der Waals surface area contributed by atoms with Crippen LogP contribution >= 0.6 is 11.8 Å². The quantitative estimate of drug-likeness (QED) is 0.266. The Hall–Kier alpha value is -3.24. The van der Waals surface area contributed by atoms with Crippen molar-refractivity contribution in [2.24, 2.45) is 0 Å². The van der Waals surface area contributed by atoms with E-state index in [2.05, 4.69) is 10.2 Å². The van der Waals surface area contributed by atoms with Gasteiger partial charge in [-0.1, -0.05) is 30.0 Å². The van der Waals surface area contributed by atoms with E-state index in [4.69, 9.17) is 4.74 Å². The second kappa shape index (κ2) is 10.6. The summed E-state index contributed by atoms with van der Waals surface area (Å²) in [6, 6.07) is 13.9. The van der Waals surface area contributed by atoms with Crippen LogP contribution in [0.15, 0.2) is 53.7 Å². The van der Waals surface area contributed by atoms with Gasteiger partial charge in [-0.05, 0) is 36.6 Å². The number of non-ortho nitro benzene ring substituents is 1. The normalized spacial score (nSPS) is 13.4. The van der Waals surface area contributed by atoms with E-state index in [0.29, 0.717) is 29.9 Å². The first-order chi connectivity index (χ1) is 16.1. The summed E-state index contributed by atoms with van der Waals surface area (Å²) in [6.07, 6.45) is 2.10. The minimum absolute atomic E-state index is 0.0237. The van der Waals surface area contributed by atoms with Crippen LogP contribution in [0.25, 0.3) is 11.4 Å². The molecular weight excluding hydrogens is 442 g/mol. The van der Waals surface area contributed by atoms with Crippen molar-refractivity contribution in [3.05, 3.63) is 69.8 Å². The van der Waals surface area contributed by atoms with E-state index in [1.165, 1.54) is 23.9 Å². The van der Waals surface area contributed by atoms with Gasteiger partial charge < -0.3 is 9.64 Å². The number of hydrogen-bond donors (Lipinski definition) is 0. The van der Waals surface area contributed by atoms with Gasteiger partial charge in [0.05, 0.1) is 18.1 Å². The standard InChI is InChI=1S/C23H25N5O4S/c1-32-15-14-27-21(17-8-10-19(11-9-17)28(30)31)24-25-23(27)33-16-18-6-2-3-7-20(18)22(29)26-12-4-5-13-26/h2-3,6-11H,4-5,12-16H2,1H3. The molecule has 9 nitrogen and oxygen atoms in total. The van der Waals surface area contributed by atoms with Crippen molar-refractivity contribution in [2.45, 2.75) is 30.3 Å². The molecule has 1 fully saturated rings. The van der Waals surface area contributed by atoms with E-state index in [9.17, 15) is 14.9 Å². The number of nitro benzene ring substituents is 1. The smallest absolute Gasteiger partial charge is 0.269 e. The van der Waals surface area contributed by atoms with Crippen molar-refractivity contribution >= 4 is 23.4 Å². The lowest BCUT2D eigenvalue weighted by Crippen LogP contribution is -2.28. The maximum Gasteiger partial charge on any atom is 0.269 e. The Morgan fingerprint density at radius 2 is 1.85 bits per heavy atom. The zero-order valence-electron chi connectivity index (χ0n) is 18.3. The molecule has 10 heteroatoms. The molecule has 2 heterocycles. The number of nitro groups is 1. The molecule has 0 saturated carbocycles. The number of nitrogens with zero attached hydrogens (tertiary/aromatic N) is 5. The number of aromatic nitrogens is 3. The molecule has 172 valence electrons. The molecule has 0 bridgehead atoms. The van der Waals surface area contributed by atoms with E-state index in [1.807, 2.05) is 33.7 Å². The van der Waals surface area contributed by atoms with Crippen LogP contribution in [0.1, 0.15) is 28.8 Å². The fourth-order valence-corrected chi connectivity index (χ4v) is 4.78. The minimum atomic E-state index is -0.429. The van der Waals surface area contributed by atoms with Gasteiger partial charge in [0.2, 0.25) is 0 Å². The number of ether oxygens (including phenoxy) is 1. The number of likely N-dealkylation sites (tertiary alicyclic amines) is 1. The lowest BCUT2D eigenvalue weighted by Gasteiger charge is -2.17. The van der Waals surface area contributed by atoms with Gasteiger partial charge in [-0.15, -0.1) is 10.2 Å². The van der Waals surface area contributed by atoms with E-state index >= 15 is 0 Å². The van der Waals surface area contributed by atoms with Gasteiger partial charge in [0.1, 0.15) is 0 Å². The molecule has 1 aliphatic rings. The Balaban J connectivity index is 1.56. The van der Waals surface area contributed by atoms with Crippen molar-refractivity contribution in [2.75, 3.05) is 26.8 Å². The molecule has 1 amide bonds. The van der Waals surface area contributed by atoms with Crippen molar-refractivity contribution in [3.63, 3.8) is 0 Å². The third-order valence-corrected chi connectivity index (χ3v) is 6.59. The molecule has 1 aromatic heterocycles. The SMILES string of the molecule is COCCn1c(SCc2ccccc2C(=O)N2CCCC2)nnc1-c1ccc([N+](=O)[O-])cc1. The predicted octanol–water partition coefficient (Wildman–Crippen LogP) is 4.03. The maximum absolute atomic E-state index is 13.0. The number of amides is 1. The topological polar surface area (TPSA) is 103 Å². The summed E-state index contributed by atoms with van der Waals surface area (Å²) in [5.41, 5.74) is 2.44. The molecule has 0 atom stereocenters. The highest BCUT2D eigenvalue weighted by molar-refractivity contribution is 7.98. The predicted molar refractivity (Wildman–Crippen MR) is 125 cm³/mol. The second-order valence-corrected chi connectivity index (χ2v) is 8.64. The molecule has 33 heavy (non-hydrogen) atoms. The molecule has 0 aliphatic carbocycles. The largest absolute Gasteiger partial charge is 0.383 e. The van der Waals surface area contributed by atoms with Gasteiger partial charge in [-0.2, -0.15) is 0 Å². The Kier molecular flexibility index (Phi) is 7.36. The Morgan fingerprint density at radius 3 is 2.55 bits per heavy atom. The zero-order chi connectivity index (χ0) is 23.2. The average molecular weight is 468 g/mol. The first kappa shape index (κ1) is 22.9. The number of methoxy groups -OCH3 is 1. The monoisotopic (exact) mass is 467 g/mol. The van der Waals surface area contributed by atoms with Gasteiger partial charge in [-0.3, -0.25) is 19.5 Å². The molecule has 0 spiro atoms. The highest BCUT2D eigenvalue weighted by atomic mass is 32.2. The third-order valence-electron chi connectivity index (χ3n) is 5.57. The summed E-state index contributed by atoms with van der Waals surface area (Å²) in [6.45, 7) is 2.62. The first-order valence-corrected chi connectivity index (χ1v) is 11.7. The molecular formula is C23H25N5O4S. The van der Waals surface area contributed by atoms with Crippen molar-refractivity contribution in [3.8, 4) is 11.4 Å². The highest BCUT2D eigenvalue weighted by Crippen LogP contribution is 2.29. The molecule has 0 unspecified atom stereocenters. The van der Waals surface area contributed by atoms with Gasteiger partial charge >= 0.3 is 0 Å². The number of thioether (sulfide) groups is 1. The first-order valence-electron chi connectivity index (χ1n) is 10.8. The summed E-state index contributed by atoms with van der Waals surface area (Å²) in [5, 5.41) is 20.4. The summed E-state index contributed by atoms with van der Waals surface area (Å²) in [5.74, 6) is 1.27. The van der Waals surface area contributed by atoms with Gasteiger partial charge in [-0.25, -0.2) is 0 Å². The number of carbonyl (C=O) groups excluding carboxylic acids is 1. The van der Waals surface area contributed by atoms with E-state index in [-0.39, 0.29) is 11.6 Å². The van der Waals surface area contributed by atoms with Crippen LogP contribution in [0.4, 0.5) is 5.69 Å². The van der Waals surface area contributed by atoms with Crippen molar-refractivity contribution in [1.82, 2.24) is 19.7 Å². The van der Waals surface area contributed by atoms with Crippen LogP contribution in [0.3, 0.4) is 0 Å². The Labute approximate surface area is 195 Å².